The first-order valence-electron chi connectivity index (χ1n) is 5.01. The van der Waals surface area contributed by atoms with Gasteiger partial charge in [0, 0.05) is 11.4 Å². The molecule has 0 spiro atoms. The van der Waals surface area contributed by atoms with Crippen molar-refractivity contribution >= 4 is 11.6 Å². The Morgan fingerprint density at radius 2 is 1.80 bits per heavy atom. The van der Waals surface area contributed by atoms with E-state index in [9.17, 15) is 8.78 Å². The summed E-state index contributed by atoms with van der Waals surface area (Å²) in [6.07, 6.45) is 1.13. The normalized spacial score (nSPS) is 15.0. The van der Waals surface area contributed by atoms with Crippen molar-refractivity contribution in [3.05, 3.63) is 35.4 Å². The number of benzene rings is 1. The number of hydrogen-bond donors (Lipinski definition) is 0. The van der Waals surface area contributed by atoms with Crippen molar-refractivity contribution < 1.29 is 8.78 Å². The number of alkyl halides is 1. The minimum absolute atomic E-state index is 0.141. The van der Waals surface area contributed by atoms with Crippen LogP contribution < -0.4 is 0 Å². The van der Waals surface area contributed by atoms with Crippen molar-refractivity contribution in [3.8, 4) is 0 Å². The highest BCUT2D eigenvalue weighted by atomic mass is 35.5. The van der Waals surface area contributed by atoms with Crippen LogP contribution in [0.5, 0.6) is 0 Å². The summed E-state index contributed by atoms with van der Waals surface area (Å²) >= 11 is 5.82. The van der Waals surface area contributed by atoms with E-state index >= 15 is 0 Å². The molecule has 0 radical (unpaired) electrons. The first-order chi connectivity index (χ1) is 7.02. The predicted octanol–water partition coefficient (Wildman–Crippen LogP) is 4.16. The Morgan fingerprint density at radius 1 is 1.27 bits per heavy atom. The van der Waals surface area contributed by atoms with Gasteiger partial charge in [0.05, 0.1) is 0 Å². The van der Waals surface area contributed by atoms with Gasteiger partial charge in [0.25, 0.3) is 0 Å². The fourth-order valence-corrected chi connectivity index (χ4v) is 1.68. The molecule has 0 aliphatic rings. The van der Waals surface area contributed by atoms with Crippen molar-refractivity contribution in [3.63, 3.8) is 0 Å². The van der Waals surface area contributed by atoms with Crippen LogP contribution in [-0.2, 0) is 6.42 Å². The summed E-state index contributed by atoms with van der Waals surface area (Å²) in [6, 6.07) is 3.93. The van der Waals surface area contributed by atoms with Gasteiger partial charge in [-0.1, -0.05) is 19.9 Å². The molecule has 1 aromatic rings. The molecule has 84 valence electrons. The molecule has 15 heavy (non-hydrogen) atoms. The fraction of sp³-hybridized carbons (Fsp3) is 0.500. The number of halogens is 3. The summed E-state index contributed by atoms with van der Waals surface area (Å²) in [6.45, 7) is 3.91. The Kier molecular flexibility index (Phi) is 4.09. The van der Waals surface area contributed by atoms with E-state index in [1.54, 1.807) is 0 Å². The van der Waals surface area contributed by atoms with E-state index in [2.05, 4.69) is 0 Å². The van der Waals surface area contributed by atoms with Gasteiger partial charge in [0.2, 0.25) is 0 Å². The van der Waals surface area contributed by atoms with Crippen molar-refractivity contribution in [2.24, 2.45) is 5.41 Å². The topological polar surface area (TPSA) is 0 Å². The van der Waals surface area contributed by atoms with Crippen LogP contribution in [0.25, 0.3) is 0 Å². The van der Waals surface area contributed by atoms with E-state index in [0.717, 1.165) is 6.42 Å². The van der Waals surface area contributed by atoms with Crippen molar-refractivity contribution in [2.45, 2.75) is 26.7 Å². The molecule has 0 nitrogen and oxygen atoms in total. The zero-order chi connectivity index (χ0) is 11.5. The summed E-state index contributed by atoms with van der Waals surface area (Å²) in [5, 5.41) is 0. The molecule has 0 N–H and O–H groups in total. The quantitative estimate of drug-likeness (QED) is 0.684. The van der Waals surface area contributed by atoms with Crippen LogP contribution in [-0.4, -0.2) is 5.88 Å². The van der Waals surface area contributed by atoms with Crippen LogP contribution in [0.2, 0.25) is 0 Å². The maximum Gasteiger partial charge on any atom is 0.129 e. The zero-order valence-electron chi connectivity index (χ0n) is 8.99. The van der Waals surface area contributed by atoms with Crippen molar-refractivity contribution in [1.82, 2.24) is 0 Å². The summed E-state index contributed by atoms with van der Waals surface area (Å²) in [4.78, 5) is 0. The van der Waals surface area contributed by atoms with E-state index < -0.39 is 11.6 Å². The Bertz CT molecular complexity index is 312. The molecule has 0 saturated carbocycles. The molecule has 1 rings (SSSR count). The SMILES string of the molecule is CCC(C)(CCl)Cc1c(F)cccc1F. The number of rotatable bonds is 4. The summed E-state index contributed by atoms with van der Waals surface area (Å²) in [5.41, 5.74) is -0.104. The van der Waals surface area contributed by atoms with E-state index in [0.29, 0.717) is 12.3 Å². The van der Waals surface area contributed by atoms with Gasteiger partial charge in [-0.2, -0.15) is 0 Å². The summed E-state index contributed by atoms with van der Waals surface area (Å²) in [5.74, 6) is -0.573. The minimum Gasteiger partial charge on any atom is -0.207 e. The molecule has 3 heteroatoms. The Morgan fingerprint density at radius 3 is 2.20 bits per heavy atom. The maximum atomic E-state index is 13.4. The lowest BCUT2D eigenvalue weighted by molar-refractivity contribution is 0.342. The second-order valence-electron chi connectivity index (χ2n) is 4.17. The molecule has 0 aromatic heterocycles. The van der Waals surface area contributed by atoms with Crippen LogP contribution in [0.3, 0.4) is 0 Å². The molecule has 0 fully saturated rings. The summed E-state index contributed by atoms with van der Waals surface area (Å²) < 4.78 is 26.7. The molecule has 0 aliphatic heterocycles. The standard InChI is InChI=1S/C12H15ClF2/c1-3-12(2,8-13)7-9-10(14)5-4-6-11(9)15/h4-6H,3,7-8H2,1-2H3. The molecule has 0 saturated heterocycles. The Hall–Kier alpha value is -0.630. The van der Waals surface area contributed by atoms with Gasteiger partial charge in [-0.25, -0.2) is 8.78 Å². The lowest BCUT2D eigenvalue weighted by Gasteiger charge is -2.25. The first-order valence-corrected chi connectivity index (χ1v) is 5.55. The molecule has 0 heterocycles. The van der Waals surface area contributed by atoms with E-state index in [1.165, 1.54) is 18.2 Å². The van der Waals surface area contributed by atoms with Crippen molar-refractivity contribution in [1.29, 1.82) is 0 Å². The second kappa shape index (κ2) is 4.93. The molecular weight excluding hydrogens is 218 g/mol. The summed E-state index contributed by atoms with van der Waals surface area (Å²) in [7, 11) is 0. The molecule has 1 unspecified atom stereocenters. The van der Waals surface area contributed by atoms with Crippen LogP contribution in [0.4, 0.5) is 8.78 Å². The Balaban J connectivity index is 2.98. The van der Waals surface area contributed by atoms with Gasteiger partial charge in [0.1, 0.15) is 11.6 Å². The highest BCUT2D eigenvalue weighted by Gasteiger charge is 2.24. The highest BCUT2D eigenvalue weighted by molar-refractivity contribution is 6.18. The predicted molar refractivity (Wildman–Crippen MR) is 59.2 cm³/mol. The van der Waals surface area contributed by atoms with Gasteiger partial charge >= 0.3 is 0 Å². The van der Waals surface area contributed by atoms with E-state index in [4.69, 9.17) is 11.6 Å². The monoisotopic (exact) mass is 232 g/mol. The molecule has 1 aromatic carbocycles. The third-order valence-corrected chi connectivity index (χ3v) is 3.49. The molecule has 1 atom stereocenters. The second-order valence-corrected chi connectivity index (χ2v) is 4.44. The molecule has 0 bridgehead atoms. The van der Waals surface area contributed by atoms with E-state index in [1.807, 2.05) is 13.8 Å². The maximum absolute atomic E-state index is 13.4. The van der Waals surface area contributed by atoms with Gasteiger partial charge in [-0.3, -0.25) is 0 Å². The third kappa shape index (κ3) is 2.91. The van der Waals surface area contributed by atoms with Gasteiger partial charge in [-0.05, 0) is 30.4 Å². The largest absolute Gasteiger partial charge is 0.207 e. The minimum atomic E-state index is -0.486. The molecule has 0 aliphatic carbocycles. The Labute approximate surface area is 94.3 Å². The van der Waals surface area contributed by atoms with Crippen LogP contribution in [0.1, 0.15) is 25.8 Å². The number of hydrogen-bond acceptors (Lipinski definition) is 0. The lowest BCUT2D eigenvalue weighted by Crippen LogP contribution is -2.22. The van der Waals surface area contributed by atoms with Crippen molar-refractivity contribution in [2.75, 3.05) is 5.88 Å². The average Bonchev–Trinajstić information content (AvgIpc) is 2.23. The molecule has 0 amide bonds. The van der Waals surface area contributed by atoms with Gasteiger partial charge in [-0.15, -0.1) is 11.6 Å². The third-order valence-electron chi connectivity index (χ3n) is 2.84. The van der Waals surface area contributed by atoms with Gasteiger partial charge < -0.3 is 0 Å². The van der Waals surface area contributed by atoms with Crippen LogP contribution in [0, 0.1) is 17.0 Å². The van der Waals surface area contributed by atoms with Gasteiger partial charge in [0.15, 0.2) is 0 Å². The van der Waals surface area contributed by atoms with Crippen LogP contribution in [0.15, 0.2) is 18.2 Å². The van der Waals surface area contributed by atoms with E-state index in [-0.39, 0.29) is 11.0 Å². The zero-order valence-corrected chi connectivity index (χ0v) is 9.74. The average molecular weight is 233 g/mol. The lowest BCUT2D eigenvalue weighted by atomic mass is 9.83. The smallest absolute Gasteiger partial charge is 0.129 e. The van der Waals surface area contributed by atoms with Crippen LogP contribution >= 0.6 is 11.6 Å². The first kappa shape index (κ1) is 12.4. The highest BCUT2D eigenvalue weighted by Crippen LogP contribution is 2.30. The fourth-order valence-electron chi connectivity index (χ4n) is 1.39. The molecular formula is C12H15ClF2.